The first-order chi connectivity index (χ1) is 10.3. The number of anilines is 1. The highest BCUT2D eigenvalue weighted by molar-refractivity contribution is 5.79. The summed E-state index contributed by atoms with van der Waals surface area (Å²) in [5.41, 5.74) is 2.38. The van der Waals surface area contributed by atoms with Gasteiger partial charge in [-0.15, -0.1) is 0 Å². The molecule has 1 aromatic heterocycles. The van der Waals surface area contributed by atoms with E-state index in [1.807, 2.05) is 0 Å². The molecular formula is C14H13F3N4O. The average molecular weight is 310 g/mol. The van der Waals surface area contributed by atoms with Gasteiger partial charge in [0.05, 0.1) is 23.1 Å². The molecule has 0 atom stereocenters. The lowest BCUT2D eigenvalue weighted by Gasteiger charge is -2.10. The molecule has 5 nitrogen and oxygen atoms in total. The molecule has 1 N–H and O–H groups in total. The van der Waals surface area contributed by atoms with E-state index in [4.69, 9.17) is 0 Å². The van der Waals surface area contributed by atoms with Gasteiger partial charge in [0.15, 0.2) is 0 Å². The lowest BCUT2D eigenvalue weighted by atomic mass is 10.2. The molecule has 0 aliphatic rings. The Morgan fingerprint density at radius 2 is 2.00 bits per heavy atom. The topological polar surface area (TPSA) is 59.3 Å². The van der Waals surface area contributed by atoms with Gasteiger partial charge in [-0.25, -0.2) is 0 Å². The number of aromatic nitrogens is 2. The van der Waals surface area contributed by atoms with E-state index in [9.17, 15) is 18.0 Å². The summed E-state index contributed by atoms with van der Waals surface area (Å²) < 4.78 is 39.0. The largest absolute Gasteiger partial charge is 0.416 e. The maximum atomic E-state index is 12.7. The van der Waals surface area contributed by atoms with E-state index in [0.717, 1.165) is 22.5 Å². The predicted molar refractivity (Wildman–Crippen MR) is 77.2 cm³/mol. The molecule has 0 bridgehead atoms. The fourth-order valence-corrected chi connectivity index (χ4v) is 1.65. The number of nitrogens with zero attached hydrogens (tertiary/aromatic N) is 3. The third kappa shape index (κ3) is 3.72. The minimum absolute atomic E-state index is 0.0431. The number of halogens is 3. The summed E-state index contributed by atoms with van der Waals surface area (Å²) in [7, 11) is 0. The van der Waals surface area contributed by atoms with Crippen LogP contribution in [0.3, 0.4) is 0 Å². The van der Waals surface area contributed by atoms with Gasteiger partial charge in [-0.05, 0) is 32.0 Å². The van der Waals surface area contributed by atoms with Crippen molar-refractivity contribution < 1.29 is 13.2 Å². The number of benzene rings is 1. The Bertz CT molecular complexity index is 761. The standard InChI is InChI=1S/C14H13F3N4O/c1-9(2)19-20-11-7-13(22)21(18-8-11)12-5-3-4-10(6-12)14(15,16)17/h3-8,20H,1-2H3. The van der Waals surface area contributed by atoms with Crippen molar-refractivity contribution in [3.63, 3.8) is 0 Å². The zero-order valence-corrected chi connectivity index (χ0v) is 11.8. The number of alkyl halides is 3. The second-order valence-corrected chi connectivity index (χ2v) is 4.71. The molecule has 116 valence electrons. The first kappa shape index (κ1) is 15.7. The molecular weight excluding hydrogens is 297 g/mol. The Hall–Kier alpha value is -2.64. The van der Waals surface area contributed by atoms with Gasteiger partial charge in [-0.3, -0.25) is 10.2 Å². The van der Waals surface area contributed by atoms with Crippen LogP contribution in [0, 0.1) is 0 Å². The van der Waals surface area contributed by atoms with Gasteiger partial charge >= 0.3 is 6.18 Å². The van der Waals surface area contributed by atoms with Crippen molar-refractivity contribution in [2.45, 2.75) is 20.0 Å². The van der Waals surface area contributed by atoms with Crippen molar-refractivity contribution in [3.8, 4) is 5.69 Å². The number of hydrazone groups is 1. The molecule has 8 heteroatoms. The summed E-state index contributed by atoms with van der Waals surface area (Å²) in [6.45, 7) is 3.54. The fourth-order valence-electron chi connectivity index (χ4n) is 1.65. The third-order valence-corrected chi connectivity index (χ3v) is 2.63. The fraction of sp³-hybridized carbons (Fsp3) is 0.214. The van der Waals surface area contributed by atoms with E-state index in [2.05, 4.69) is 15.6 Å². The van der Waals surface area contributed by atoms with Crippen LogP contribution in [-0.4, -0.2) is 15.5 Å². The zero-order valence-electron chi connectivity index (χ0n) is 11.8. The maximum Gasteiger partial charge on any atom is 0.416 e. The van der Waals surface area contributed by atoms with Gasteiger partial charge < -0.3 is 0 Å². The molecule has 0 saturated carbocycles. The smallest absolute Gasteiger partial charge is 0.277 e. The van der Waals surface area contributed by atoms with E-state index in [0.29, 0.717) is 5.69 Å². The number of hydrogen-bond acceptors (Lipinski definition) is 4. The molecule has 0 spiro atoms. The minimum Gasteiger partial charge on any atom is -0.277 e. The van der Waals surface area contributed by atoms with Crippen LogP contribution in [0.15, 0.2) is 46.4 Å². The summed E-state index contributed by atoms with van der Waals surface area (Å²) in [6.07, 6.45) is -3.16. The van der Waals surface area contributed by atoms with E-state index in [-0.39, 0.29) is 5.69 Å². The highest BCUT2D eigenvalue weighted by atomic mass is 19.4. The molecule has 0 aliphatic carbocycles. The molecule has 0 radical (unpaired) electrons. The quantitative estimate of drug-likeness (QED) is 0.700. The maximum absolute atomic E-state index is 12.7. The van der Waals surface area contributed by atoms with Crippen molar-refractivity contribution in [1.82, 2.24) is 9.78 Å². The molecule has 0 amide bonds. The average Bonchev–Trinajstić information content (AvgIpc) is 2.44. The van der Waals surface area contributed by atoms with Gasteiger partial charge in [0.25, 0.3) is 5.56 Å². The third-order valence-electron chi connectivity index (χ3n) is 2.63. The lowest BCUT2D eigenvalue weighted by Crippen LogP contribution is -2.21. The highest BCUT2D eigenvalue weighted by Crippen LogP contribution is 2.29. The van der Waals surface area contributed by atoms with Gasteiger partial charge in [0, 0.05) is 11.8 Å². The number of nitrogens with one attached hydrogen (secondary N) is 1. The monoisotopic (exact) mass is 310 g/mol. The Balaban J connectivity index is 2.38. The SMILES string of the molecule is CC(C)=NNc1cnn(-c2cccc(C(F)(F)F)c2)c(=O)c1. The van der Waals surface area contributed by atoms with Crippen LogP contribution in [0.4, 0.5) is 18.9 Å². The Labute approximate surface area is 124 Å². The summed E-state index contributed by atoms with van der Waals surface area (Å²) in [6, 6.07) is 5.62. The van der Waals surface area contributed by atoms with Crippen LogP contribution in [0.5, 0.6) is 0 Å². The molecule has 0 aliphatic heterocycles. The molecule has 2 aromatic rings. The molecule has 1 heterocycles. The van der Waals surface area contributed by atoms with Gasteiger partial charge in [0.1, 0.15) is 0 Å². The normalized spacial score (nSPS) is 11.1. The Morgan fingerprint density at radius 1 is 1.27 bits per heavy atom. The molecule has 0 fully saturated rings. The number of rotatable bonds is 3. The Kier molecular flexibility index (Phi) is 4.30. The minimum atomic E-state index is -4.48. The molecule has 22 heavy (non-hydrogen) atoms. The molecule has 0 saturated heterocycles. The summed E-state index contributed by atoms with van der Waals surface area (Å²) in [4.78, 5) is 12.0. The number of hydrogen-bond donors (Lipinski definition) is 1. The lowest BCUT2D eigenvalue weighted by molar-refractivity contribution is -0.137. The van der Waals surface area contributed by atoms with Crippen LogP contribution < -0.4 is 11.0 Å². The molecule has 1 aromatic carbocycles. The Morgan fingerprint density at radius 3 is 2.59 bits per heavy atom. The molecule has 2 rings (SSSR count). The second kappa shape index (κ2) is 6.00. The summed E-state index contributed by atoms with van der Waals surface area (Å²) in [5.74, 6) is 0. The van der Waals surface area contributed by atoms with Gasteiger partial charge in [-0.2, -0.15) is 28.1 Å². The van der Waals surface area contributed by atoms with Crippen LogP contribution in [0.1, 0.15) is 19.4 Å². The van der Waals surface area contributed by atoms with Crippen molar-refractivity contribution in [1.29, 1.82) is 0 Å². The van der Waals surface area contributed by atoms with Crippen molar-refractivity contribution >= 4 is 11.4 Å². The zero-order chi connectivity index (χ0) is 16.3. The van der Waals surface area contributed by atoms with Crippen molar-refractivity contribution in [2.24, 2.45) is 5.10 Å². The van der Waals surface area contributed by atoms with Crippen molar-refractivity contribution in [3.05, 3.63) is 52.4 Å². The van der Waals surface area contributed by atoms with Gasteiger partial charge in [0.2, 0.25) is 0 Å². The van der Waals surface area contributed by atoms with Crippen LogP contribution in [0.25, 0.3) is 5.69 Å². The molecule has 0 unspecified atom stereocenters. The second-order valence-electron chi connectivity index (χ2n) is 4.71. The van der Waals surface area contributed by atoms with Crippen molar-refractivity contribution in [2.75, 3.05) is 5.43 Å². The van der Waals surface area contributed by atoms with E-state index in [1.165, 1.54) is 24.4 Å². The summed E-state index contributed by atoms with van der Waals surface area (Å²) >= 11 is 0. The first-order valence-electron chi connectivity index (χ1n) is 6.31. The summed E-state index contributed by atoms with van der Waals surface area (Å²) in [5, 5.41) is 7.77. The van der Waals surface area contributed by atoms with Gasteiger partial charge in [-0.1, -0.05) is 6.07 Å². The van der Waals surface area contributed by atoms with E-state index < -0.39 is 17.3 Å². The predicted octanol–water partition coefficient (Wildman–Crippen LogP) is 3.06. The van der Waals surface area contributed by atoms with Crippen LogP contribution in [0.2, 0.25) is 0 Å². The highest BCUT2D eigenvalue weighted by Gasteiger charge is 2.30. The van der Waals surface area contributed by atoms with Crippen LogP contribution >= 0.6 is 0 Å². The van der Waals surface area contributed by atoms with Crippen LogP contribution in [-0.2, 0) is 6.18 Å². The first-order valence-corrected chi connectivity index (χ1v) is 6.31. The van der Waals surface area contributed by atoms with E-state index in [1.54, 1.807) is 13.8 Å². The van der Waals surface area contributed by atoms with E-state index >= 15 is 0 Å².